The van der Waals surface area contributed by atoms with Crippen molar-refractivity contribution in [3.63, 3.8) is 0 Å². The molecule has 1 aliphatic heterocycles. The average Bonchev–Trinajstić information content (AvgIpc) is 3.31. The fraction of sp³-hybridized carbons (Fsp3) is 0.500. The Morgan fingerprint density at radius 1 is 1.27 bits per heavy atom. The number of aryl methyl sites for hydroxylation is 2. The summed E-state index contributed by atoms with van der Waals surface area (Å²) in [4.78, 5) is 18.0. The fourth-order valence-electron chi connectivity index (χ4n) is 3.88. The maximum atomic E-state index is 12.3. The maximum absolute atomic E-state index is 12.3. The van der Waals surface area contributed by atoms with Gasteiger partial charge in [0.15, 0.2) is 0 Å². The number of aromatic nitrogens is 4. The number of piperidine rings is 1. The molecule has 1 aliphatic rings. The topological polar surface area (TPSA) is 77.0 Å². The van der Waals surface area contributed by atoms with Gasteiger partial charge in [0.2, 0.25) is 17.6 Å². The Balaban J connectivity index is 1.41. The van der Waals surface area contributed by atoms with E-state index in [0.29, 0.717) is 37.6 Å². The van der Waals surface area contributed by atoms with Gasteiger partial charge in [-0.05, 0) is 25.8 Å². The summed E-state index contributed by atoms with van der Waals surface area (Å²) >= 11 is 0. The van der Waals surface area contributed by atoms with Gasteiger partial charge in [0.05, 0.1) is 17.6 Å². The van der Waals surface area contributed by atoms with Crippen LogP contribution in [0.5, 0.6) is 0 Å². The molecule has 30 heavy (non-hydrogen) atoms. The number of nitrogens with zero attached hydrogens (tertiary/aromatic N) is 5. The van der Waals surface area contributed by atoms with Crippen LogP contribution in [-0.2, 0) is 11.8 Å². The van der Waals surface area contributed by atoms with Crippen LogP contribution in [0.25, 0.3) is 22.3 Å². The molecule has 0 atom stereocenters. The second kappa shape index (κ2) is 7.73. The molecule has 0 bridgehead atoms. The summed E-state index contributed by atoms with van der Waals surface area (Å²) in [5.41, 5.74) is 2.74. The van der Waals surface area contributed by atoms with E-state index in [1.165, 1.54) is 4.90 Å². The molecule has 2 aromatic heterocycles. The summed E-state index contributed by atoms with van der Waals surface area (Å²) in [5, 5.41) is 9.57. The van der Waals surface area contributed by atoms with E-state index in [1.54, 1.807) is 4.68 Å². The molecule has 1 fully saturated rings. The predicted octanol–water partition coefficient (Wildman–Crippen LogP) is 3.98. The molecule has 10 heteroatoms. The molecule has 160 valence electrons. The van der Waals surface area contributed by atoms with Gasteiger partial charge in [-0.2, -0.15) is 23.3 Å². The molecule has 1 saturated heterocycles. The monoisotopic (exact) mass is 421 g/mol. The molecule has 1 aromatic carbocycles. The van der Waals surface area contributed by atoms with E-state index in [-0.39, 0.29) is 5.92 Å². The summed E-state index contributed by atoms with van der Waals surface area (Å²) in [7, 11) is 1.88. The molecule has 0 unspecified atom stereocenters. The maximum Gasteiger partial charge on any atom is 0.389 e. The Morgan fingerprint density at radius 2 is 2.00 bits per heavy atom. The number of fused-ring (bicyclic) bond motifs is 1. The quantitative estimate of drug-likeness (QED) is 0.637. The first-order chi connectivity index (χ1) is 14.2. The Bertz CT molecular complexity index is 1060. The summed E-state index contributed by atoms with van der Waals surface area (Å²) < 4.78 is 44.2. The highest BCUT2D eigenvalue weighted by molar-refractivity contribution is 5.85. The van der Waals surface area contributed by atoms with Crippen molar-refractivity contribution in [3.05, 3.63) is 29.8 Å². The van der Waals surface area contributed by atoms with Crippen LogP contribution in [0.2, 0.25) is 0 Å². The molecule has 0 radical (unpaired) electrons. The van der Waals surface area contributed by atoms with Gasteiger partial charge in [-0.1, -0.05) is 17.3 Å². The van der Waals surface area contributed by atoms with Gasteiger partial charge in [-0.25, -0.2) is 0 Å². The zero-order valence-corrected chi connectivity index (χ0v) is 16.7. The van der Waals surface area contributed by atoms with Gasteiger partial charge < -0.3 is 9.42 Å². The number of hydrogen-bond donors (Lipinski definition) is 0. The molecule has 0 saturated carbocycles. The van der Waals surface area contributed by atoms with Crippen LogP contribution < -0.4 is 0 Å². The Hall–Kier alpha value is -2.91. The molecular formula is C20H22F3N5O2. The molecule has 3 heterocycles. The summed E-state index contributed by atoms with van der Waals surface area (Å²) in [5.74, 6) is 0.500. The summed E-state index contributed by atoms with van der Waals surface area (Å²) in [6.45, 7) is 2.73. The van der Waals surface area contributed by atoms with E-state index >= 15 is 0 Å². The number of carbonyl (C=O) groups excluding carboxylic acids is 1. The summed E-state index contributed by atoms with van der Waals surface area (Å²) in [6.07, 6.45) is -4.74. The third-order valence-electron chi connectivity index (χ3n) is 5.56. The first-order valence-corrected chi connectivity index (χ1v) is 9.83. The van der Waals surface area contributed by atoms with Crippen LogP contribution in [0.1, 0.15) is 43.2 Å². The number of amides is 1. The van der Waals surface area contributed by atoms with Gasteiger partial charge in [0.25, 0.3) is 0 Å². The SMILES string of the molecule is Cc1nn(C)c2cc(-c3noc(C4CCN(C(=O)CCC(F)(F)F)CC4)n3)ccc12. The van der Waals surface area contributed by atoms with Crippen LogP contribution >= 0.6 is 0 Å². The van der Waals surface area contributed by atoms with Crippen LogP contribution in [0.4, 0.5) is 13.2 Å². The van der Waals surface area contributed by atoms with Gasteiger partial charge in [0, 0.05) is 43.4 Å². The van der Waals surface area contributed by atoms with Crippen molar-refractivity contribution in [3.8, 4) is 11.4 Å². The molecule has 7 nitrogen and oxygen atoms in total. The van der Waals surface area contributed by atoms with E-state index in [1.807, 2.05) is 32.2 Å². The second-order valence-electron chi connectivity index (χ2n) is 7.67. The van der Waals surface area contributed by atoms with Crippen molar-refractivity contribution in [2.75, 3.05) is 13.1 Å². The zero-order valence-electron chi connectivity index (χ0n) is 16.7. The lowest BCUT2D eigenvalue weighted by Gasteiger charge is -2.30. The number of likely N-dealkylation sites (tertiary alicyclic amines) is 1. The number of carbonyl (C=O) groups is 1. The lowest BCUT2D eigenvalue weighted by atomic mass is 9.96. The normalized spacial score (nSPS) is 15.8. The highest BCUT2D eigenvalue weighted by Gasteiger charge is 2.31. The second-order valence-corrected chi connectivity index (χ2v) is 7.67. The van der Waals surface area contributed by atoms with Crippen molar-refractivity contribution in [2.45, 2.75) is 44.7 Å². The molecule has 0 aliphatic carbocycles. The average molecular weight is 421 g/mol. The number of halogens is 3. The van der Waals surface area contributed by atoms with E-state index < -0.39 is 24.9 Å². The van der Waals surface area contributed by atoms with Crippen LogP contribution in [0, 0.1) is 6.92 Å². The van der Waals surface area contributed by atoms with Gasteiger partial charge >= 0.3 is 6.18 Å². The molecule has 3 aromatic rings. The van der Waals surface area contributed by atoms with Crippen molar-refractivity contribution in [1.82, 2.24) is 24.8 Å². The molecular weight excluding hydrogens is 399 g/mol. The predicted molar refractivity (Wildman–Crippen MR) is 103 cm³/mol. The number of hydrogen-bond acceptors (Lipinski definition) is 5. The lowest BCUT2D eigenvalue weighted by molar-refractivity contribution is -0.149. The van der Waals surface area contributed by atoms with E-state index in [4.69, 9.17) is 4.52 Å². The summed E-state index contributed by atoms with van der Waals surface area (Å²) in [6, 6.07) is 5.87. The molecule has 4 rings (SSSR count). The molecule has 0 N–H and O–H groups in total. The minimum Gasteiger partial charge on any atom is -0.343 e. The van der Waals surface area contributed by atoms with E-state index in [0.717, 1.165) is 22.2 Å². The van der Waals surface area contributed by atoms with Crippen molar-refractivity contribution in [2.24, 2.45) is 7.05 Å². The van der Waals surface area contributed by atoms with Crippen LogP contribution in [-0.4, -0.2) is 50.0 Å². The Kier molecular flexibility index (Phi) is 5.25. The van der Waals surface area contributed by atoms with Crippen LogP contribution in [0.15, 0.2) is 22.7 Å². The largest absolute Gasteiger partial charge is 0.389 e. The smallest absolute Gasteiger partial charge is 0.343 e. The van der Waals surface area contributed by atoms with Crippen LogP contribution in [0.3, 0.4) is 0 Å². The first kappa shape index (κ1) is 20.4. The van der Waals surface area contributed by atoms with Gasteiger partial charge in [-0.3, -0.25) is 9.48 Å². The third kappa shape index (κ3) is 4.17. The number of rotatable bonds is 4. The highest BCUT2D eigenvalue weighted by atomic mass is 19.4. The number of benzene rings is 1. The molecule has 1 amide bonds. The highest BCUT2D eigenvalue weighted by Crippen LogP contribution is 2.30. The zero-order chi connectivity index (χ0) is 21.5. The number of alkyl halides is 3. The van der Waals surface area contributed by atoms with Crippen molar-refractivity contribution >= 4 is 16.8 Å². The van der Waals surface area contributed by atoms with Crippen molar-refractivity contribution < 1.29 is 22.5 Å². The Labute approximate surface area is 170 Å². The molecule has 0 spiro atoms. The van der Waals surface area contributed by atoms with E-state index in [9.17, 15) is 18.0 Å². The fourth-order valence-corrected chi connectivity index (χ4v) is 3.88. The first-order valence-electron chi connectivity index (χ1n) is 9.83. The van der Waals surface area contributed by atoms with Crippen molar-refractivity contribution in [1.29, 1.82) is 0 Å². The van der Waals surface area contributed by atoms with Gasteiger partial charge in [-0.15, -0.1) is 0 Å². The minimum atomic E-state index is -4.31. The van der Waals surface area contributed by atoms with E-state index in [2.05, 4.69) is 15.2 Å². The minimum absolute atomic E-state index is 0.0133. The Morgan fingerprint density at radius 3 is 2.70 bits per heavy atom. The lowest BCUT2D eigenvalue weighted by Crippen LogP contribution is -2.38. The standard InChI is InChI=1S/C20H22F3N5O2/c1-12-15-4-3-14(11-16(15)27(2)25-12)18-24-19(30-26-18)13-6-9-28(10-7-13)17(29)5-8-20(21,22)23/h3-4,11,13H,5-10H2,1-2H3. The van der Waals surface area contributed by atoms with Gasteiger partial charge in [0.1, 0.15) is 0 Å². The third-order valence-corrected chi connectivity index (χ3v) is 5.56.